The van der Waals surface area contributed by atoms with Crippen LogP contribution in [0.5, 0.6) is 0 Å². The molecule has 1 atom stereocenters. The third-order valence-electron chi connectivity index (χ3n) is 2.88. The Bertz CT molecular complexity index is 608. The van der Waals surface area contributed by atoms with Crippen molar-refractivity contribution in [3.63, 3.8) is 0 Å². The summed E-state index contributed by atoms with van der Waals surface area (Å²) >= 11 is 1.44. The number of carbonyl (C=O) groups is 2. The van der Waals surface area contributed by atoms with E-state index in [4.69, 9.17) is 5.73 Å². The lowest BCUT2D eigenvalue weighted by Gasteiger charge is -2.11. The summed E-state index contributed by atoms with van der Waals surface area (Å²) in [7, 11) is 0. The molecule has 5 nitrogen and oxygen atoms in total. The van der Waals surface area contributed by atoms with Gasteiger partial charge in [0.1, 0.15) is 6.04 Å². The van der Waals surface area contributed by atoms with Gasteiger partial charge in [0.2, 0.25) is 5.91 Å². The van der Waals surface area contributed by atoms with E-state index in [9.17, 15) is 9.59 Å². The number of thiophene rings is 1. The summed E-state index contributed by atoms with van der Waals surface area (Å²) in [5, 5.41) is 7.33. The maximum atomic E-state index is 12.0. The van der Waals surface area contributed by atoms with Crippen molar-refractivity contribution in [3.05, 3.63) is 52.2 Å². The molecule has 2 aromatic rings. The SMILES string of the molecule is CCNC(=O)c1ccc(NC(=O)C(N)c2cccs2)cc1. The van der Waals surface area contributed by atoms with Gasteiger partial charge in [-0.05, 0) is 42.6 Å². The summed E-state index contributed by atoms with van der Waals surface area (Å²) < 4.78 is 0. The van der Waals surface area contributed by atoms with Gasteiger partial charge in [-0.1, -0.05) is 6.07 Å². The molecule has 0 saturated heterocycles. The van der Waals surface area contributed by atoms with Crippen LogP contribution in [0.15, 0.2) is 41.8 Å². The minimum atomic E-state index is -0.687. The molecule has 110 valence electrons. The molecule has 2 amide bonds. The average Bonchev–Trinajstić information content (AvgIpc) is 3.01. The Balaban J connectivity index is 2.00. The Morgan fingerprint density at radius 1 is 1.24 bits per heavy atom. The number of amides is 2. The Morgan fingerprint density at radius 2 is 1.95 bits per heavy atom. The molecule has 1 aromatic carbocycles. The number of anilines is 1. The maximum absolute atomic E-state index is 12.0. The Morgan fingerprint density at radius 3 is 2.52 bits per heavy atom. The monoisotopic (exact) mass is 303 g/mol. The molecule has 0 bridgehead atoms. The minimum absolute atomic E-state index is 0.134. The van der Waals surface area contributed by atoms with Crippen LogP contribution in [0.3, 0.4) is 0 Å². The lowest BCUT2D eigenvalue weighted by Crippen LogP contribution is -2.27. The second kappa shape index (κ2) is 7.01. The first kappa shape index (κ1) is 15.2. The van der Waals surface area contributed by atoms with Gasteiger partial charge in [0.05, 0.1) is 0 Å². The molecule has 1 heterocycles. The second-order valence-corrected chi connectivity index (χ2v) is 5.40. The van der Waals surface area contributed by atoms with E-state index >= 15 is 0 Å². The van der Waals surface area contributed by atoms with E-state index in [1.165, 1.54) is 11.3 Å². The molecule has 0 aliphatic heterocycles. The molecule has 21 heavy (non-hydrogen) atoms. The van der Waals surface area contributed by atoms with E-state index in [0.717, 1.165) is 4.88 Å². The van der Waals surface area contributed by atoms with Crippen molar-refractivity contribution < 1.29 is 9.59 Å². The van der Waals surface area contributed by atoms with Crippen LogP contribution in [-0.2, 0) is 4.79 Å². The smallest absolute Gasteiger partial charge is 0.251 e. The molecule has 0 fully saturated rings. The van der Waals surface area contributed by atoms with E-state index in [-0.39, 0.29) is 11.8 Å². The Hall–Kier alpha value is -2.18. The average molecular weight is 303 g/mol. The van der Waals surface area contributed by atoms with Crippen molar-refractivity contribution in [2.45, 2.75) is 13.0 Å². The fraction of sp³-hybridized carbons (Fsp3) is 0.200. The summed E-state index contributed by atoms with van der Waals surface area (Å²) in [6.07, 6.45) is 0. The number of hydrogen-bond acceptors (Lipinski definition) is 4. The van der Waals surface area contributed by atoms with Gasteiger partial charge >= 0.3 is 0 Å². The van der Waals surface area contributed by atoms with Crippen molar-refractivity contribution in [1.82, 2.24) is 5.32 Å². The summed E-state index contributed by atoms with van der Waals surface area (Å²) in [6, 6.07) is 9.69. The highest BCUT2D eigenvalue weighted by atomic mass is 32.1. The van der Waals surface area contributed by atoms with Crippen molar-refractivity contribution in [3.8, 4) is 0 Å². The van der Waals surface area contributed by atoms with Crippen LogP contribution in [-0.4, -0.2) is 18.4 Å². The lowest BCUT2D eigenvalue weighted by atomic mass is 10.2. The van der Waals surface area contributed by atoms with E-state index < -0.39 is 6.04 Å². The predicted molar refractivity (Wildman–Crippen MR) is 84.3 cm³/mol. The van der Waals surface area contributed by atoms with Crippen molar-refractivity contribution in [2.75, 3.05) is 11.9 Å². The van der Waals surface area contributed by atoms with E-state index in [1.54, 1.807) is 24.3 Å². The van der Waals surface area contributed by atoms with Crippen molar-refractivity contribution in [1.29, 1.82) is 0 Å². The Labute approximate surface area is 127 Å². The molecule has 4 N–H and O–H groups in total. The van der Waals surface area contributed by atoms with Gasteiger partial charge in [-0.3, -0.25) is 9.59 Å². The van der Waals surface area contributed by atoms with Crippen LogP contribution in [0.2, 0.25) is 0 Å². The van der Waals surface area contributed by atoms with Gasteiger partial charge in [0.15, 0.2) is 0 Å². The van der Waals surface area contributed by atoms with E-state index in [0.29, 0.717) is 17.8 Å². The fourth-order valence-electron chi connectivity index (χ4n) is 1.79. The zero-order chi connectivity index (χ0) is 15.2. The number of rotatable bonds is 5. The van der Waals surface area contributed by atoms with Gasteiger partial charge in [0, 0.05) is 22.7 Å². The molecule has 1 unspecified atom stereocenters. The van der Waals surface area contributed by atoms with Crippen LogP contribution in [0.1, 0.15) is 28.2 Å². The predicted octanol–water partition coefficient (Wildman–Crippen LogP) is 2.14. The zero-order valence-electron chi connectivity index (χ0n) is 11.6. The standard InChI is InChI=1S/C15H17N3O2S/c1-2-17-14(19)10-5-7-11(8-6-10)18-15(20)13(16)12-4-3-9-21-12/h3-9,13H,2,16H2,1H3,(H,17,19)(H,18,20). The molecular formula is C15H17N3O2S. The molecule has 2 rings (SSSR count). The Kier molecular flexibility index (Phi) is 5.08. The number of benzene rings is 1. The number of hydrogen-bond donors (Lipinski definition) is 3. The lowest BCUT2D eigenvalue weighted by molar-refractivity contribution is -0.117. The second-order valence-electron chi connectivity index (χ2n) is 4.42. The quantitative estimate of drug-likeness (QED) is 0.791. The molecule has 6 heteroatoms. The largest absolute Gasteiger partial charge is 0.352 e. The first-order chi connectivity index (χ1) is 10.1. The summed E-state index contributed by atoms with van der Waals surface area (Å²) in [5.41, 5.74) is 7.05. The third kappa shape index (κ3) is 3.90. The topological polar surface area (TPSA) is 84.2 Å². The highest BCUT2D eigenvalue weighted by Crippen LogP contribution is 2.19. The maximum Gasteiger partial charge on any atom is 0.251 e. The first-order valence-electron chi connectivity index (χ1n) is 6.60. The van der Waals surface area contributed by atoms with Gasteiger partial charge in [-0.25, -0.2) is 0 Å². The van der Waals surface area contributed by atoms with Crippen LogP contribution in [0.25, 0.3) is 0 Å². The molecule has 0 spiro atoms. The number of nitrogens with two attached hydrogens (primary N) is 1. The van der Waals surface area contributed by atoms with Crippen LogP contribution >= 0.6 is 11.3 Å². The van der Waals surface area contributed by atoms with Crippen LogP contribution in [0, 0.1) is 0 Å². The molecule has 0 aliphatic carbocycles. The summed E-state index contributed by atoms with van der Waals surface area (Å²) in [5.74, 6) is -0.408. The van der Waals surface area contributed by atoms with Gasteiger partial charge in [-0.15, -0.1) is 11.3 Å². The fourth-order valence-corrected chi connectivity index (χ4v) is 2.51. The van der Waals surface area contributed by atoms with Crippen molar-refractivity contribution >= 4 is 28.8 Å². The number of carbonyl (C=O) groups excluding carboxylic acids is 2. The molecular weight excluding hydrogens is 286 g/mol. The molecule has 0 saturated carbocycles. The van der Waals surface area contributed by atoms with E-state index in [1.807, 2.05) is 24.4 Å². The summed E-state index contributed by atoms with van der Waals surface area (Å²) in [6.45, 7) is 2.44. The highest BCUT2D eigenvalue weighted by Gasteiger charge is 2.16. The number of nitrogens with one attached hydrogen (secondary N) is 2. The van der Waals surface area contributed by atoms with Gasteiger partial charge in [-0.2, -0.15) is 0 Å². The first-order valence-corrected chi connectivity index (χ1v) is 7.48. The summed E-state index contributed by atoms with van der Waals surface area (Å²) in [4.78, 5) is 24.5. The van der Waals surface area contributed by atoms with Crippen LogP contribution < -0.4 is 16.4 Å². The van der Waals surface area contributed by atoms with Crippen molar-refractivity contribution in [2.24, 2.45) is 5.73 Å². The van der Waals surface area contributed by atoms with Gasteiger partial charge in [0.25, 0.3) is 5.91 Å². The third-order valence-corrected chi connectivity index (χ3v) is 3.84. The van der Waals surface area contributed by atoms with Crippen LogP contribution in [0.4, 0.5) is 5.69 Å². The van der Waals surface area contributed by atoms with E-state index in [2.05, 4.69) is 10.6 Å². The molecule has 0 aliphatic rings. The zero-order valence-corrected chi connectivity index (χ0v) is 12.4. The minimum Gasteiger partial charge on any atom is -0.352 e. The molecule has 1 aromatic heterocycles. The highest BCUT2D eigenvalue weighted by molar-refractivity contribution is 7.10. The van der Waals surface area contributed by atoms with Gasteiger partial charge < -0.3 is 16.4 Å². The normalized spacial score (nSPS) is 11.7. The molecule has 0 radical (unpaired) electrons.